The van der Waals surface area contributed by atoms with E-state index in [4.69, 9.17) is 9.47 Å². The first-order chi connectivity index (χ1) is 21.5. The van der Waals surface area contributed by atoms with Gasteiger partial charge < -0.3 is 20.1 Å². The monoisotopic (exact) mass is 621 g/mol. The lowest BCUT2D eigenvalue weighted by Gasteiger charge is -2.32. The molecule has 1 atom stereocenters. The number of nitrogens with one attached hydrogen (secondary N) is 3. The van der Waals surface area contributed by atoms with Crippen LogP contribution in [0.3, 0.4) is 0 Å². The zero-order valence-electron chi connectivity index (χ0n) is 26.9. The minimum Gasteiger partial charge on any atom is -0.456 e. The maximum absolute atomic E-state index is 13.6. The van der Waals surface area contributed by atoms with E-state index in [2.05, 4.69) is 54.9 Å². The van der Waals surface area contributed by atoms with Gasteiger partial charge in [-0.15, -0.1) is 11.3 Å². The number of unbranched alkanes of at least 4 members (excludes halogenated alkanes) is 1. The number of anilines is 1. The van der Waals surface area contributed by atoms with Gasteiger partial charge in [-0.1, -0.05) is 43.6 Å². The molecule has 3 N–H and O–H groups in total. The van der Waals surface area contributed by atoms with E-state index in [0.29, 0.717) is 42.7 Å². The summed E-state index contributed by atoms with van der Waals surface area (Å²) in [6.07, 6.45) is 19.1. The number of carbonyl (C=O) groups excluding carboxylic acids is 2. The molecule has 44 heavy (non-hydrogen) atoms. The van der Waals surface area contributed by atoms with E-state index in [1.165, 1.54) is 69.8 Å². The molecule has 2 aliphatic carbocycles. The lowest BCUT2D eigenvalue weighted by Crippen LogP contribution is -2.33. The highest BCUT2D eigenvalue weighted by molar-refractivity contribution is 7.17. The molecule has 3 heterocycles. The summed E-state index contributed by atoms with van der Waals surface area (Å²) in [4.78, 5) is 28.2. The third-order valence-electron chi connectivity index (χ3n) is 9.60. The number of ether oxygens (including phenoxy) is 2. The Morgan fingerprint density at radius 2 is 1.98 bits per heavy atom. The molecule has 5 rings (SSSR count). The van der Waals surface area contributed by atoms with E-state index >= 15 is 0 Å². The molecular weight excluding hydrogens is 570 g/mol. The van der Waals surface area contributed by atoms with Crippen molar-refractivity contribution in [2.75, 3.05) is 38.2 Å². The van der Waals surface area contributed by atoms with Crippen molar-refractivity contribution in [1.82, 2.24) is 10.6 Å². The SMILES string of the molecule is C\C=C/C=C(/C(C)=C(\CNC(=O)Nc1sc2c(c1C(=O)OC1CCOC1)CCCC2)C1=C(CCCC)CNCC1)C1CCC1. The van der Waals surface area contributed by atoms with Gasteiger partial charge in [0.2, 0.25) is 0 Å². The lowest BCUT2D eigenvalue weighted by molar-refractivity contribution is 0.0271. The van der Waals surface area contributed by atoms with Crippen LogP contribution < -0.4 is 16.0 Å². The number of fused-ring (bicyclic) bond motifs is 1. The molecule has 1 aromatic rings. The van der Waals surface area contributed by atoms with Crippen LogP contribution in [-0.2, 0) is 22.3 Å². The second-order valence-corrected chi connectivity index (χ2v) is 13.7. The van der Waals surface area contributed by atoms with Crippen molar-refractivity contribution < 1.29 is 19.1 Å². The van der Waals surface area contributed by atoms with Gasteiger partial charge in [-0.25, -0.2) is 9.59 Å². The van der Waals surface area contributed by atoms with Gasteiger partial charge in [0.05, 0.1) is 18.8 Å². The van der Waals surface area contributed by atoms with Crippen LogP contribution in [0, 0.1) is 5.92 Å². The minimum absolute atomic E-state index is 0.223. The number of urea groups is 1. The molecule has 4 aliphatic rings. The van der Waals surface area contributed by atoms with Crippen molar-refractivity contribution in [3.05, 3.63) is 62.1 Å². The number of carbonyl (C=O) groups is 2. The van der Waals surface area contributed by atoms with Crippen molar-refractivity contribution >= 4 is 28.3 Å². The molecule has 8 heteroatoms. The van der Waals surface area contributed by atoms with Gasteiger partial charge in [0.25, 0.3) is 0 Å². The first kappa shape index (κ1) is 32.7. The lowest BCUT2D eigenvalue weighted by atomic mass is 9.75. The Labute approximate surface area is 267 Å². The van der Waals surface area contributed by atoms with Crippen LogP contribution in [0.4, 0.5) is 9.80 Å². The number of rotatable bonds is 12. The van der Waals surface area contributed by atoms with Gasteiger partial charge in [0, 0.05) is 24.4 Å². The zero-order chi connectivity index (χ0) is 30.9. The van der Waals surface area contributed by atoms with Crippen molar-refractivity contribution in [3.63, 3.8) is 0 Å². The normalized spacial score (nSPS) is 21.6. The number of esters is 1. The van der Waals surface area contributed by atoms with Crippen molar-refractivity contribution in [1.29, 1.82) is 0 Å². The van der Waals surface area contributed by atoms with Crippen LogP contribution in [0.25, 0.3) is 0 Å². The Morgan fingerprint density at radius 1 is 1.14 bits per heavy atom. The molecule has 1 saturated heterocycles. The van der Waals surface area contributed by atoms with Crippen LogP contribution in [0.1, 0.15) is 106 Å². The molecule has 1 unspecified atom stereocenters. The fourth-order valence-corrected chi connectivity index (χ4v) is 8.13. The molecule has 2 amide bonds. The predicted molar refractivity (Wildman–Crippen MR) is 180 cm³/mol. The predicted octanol–water partition coefficient (Wildman–Crippen LogP) is 7.79. The molecule has 0 bridgehead atoms. The molecular formula is C36H51N3O4S. The van der Waals surface area contributed by atoms with Crippen LogP contribution in [0.15, 0.2) is 46.1 Å². The summed E-state index contributed by atoms with van der Waals surface area (Å²) >= 11 is 1.53. The van der Waals surface area contributed by atoms with E-state index in [-0.39, 0.29) is 18.1 Å². The maximum Gasteiger partial charge on any atom is 0.341 e. The standard InChI is InChI=1S/C36H51N3O4S/c1-4-6-11-26-21-37-19-17-29(26)31(24(3)28(14-7-5-2)25-12-10-13-25)22-38-36(41)39-34-33(30-15-8-9-16-32(30)44-34)35(40)43-27-18-20-42-23-27/h5,7,14,25,27,37H,4,6,8-13,15-23H2,1-3H3,(H2,38,39,41)/b7-5-,28-14-,31-24+. The van der Waals surface area contributed by atoms with Gasteiger partial charge in [-0.2, -0.15) is 0 Å². The second-order valence-electron chi connectivity index (χ2n) is 12.6. The van der Waals surface area contributed by atoms with Gasteiger partial charge in [0.15, 0.2) is 0 Å². The third-order valence-corrected chi connectivity index (χ3v) is 10.8. The summed E-state index contributed by atoms with van der Waals surface area (Å²) in [5.41, 5.74) is 8.44. The molecule has 1 saturated carbocycles. The molecule has 1 aromatic heterocycles. The number of allylic oxidation sites excluding steroid dienone is 5. The Morgan fingerprint density at radius 3 is 2.70 bits per heavy atom. The van der Waals surface area contributed by atoms with Crippen LogP contribution in [-0.4, -0.2) is 51.0 Å². The van der Waals surface area contributed by atoms with Gasteiger partial charge in [0.1, 0.15) is 11.1 Å². The molecule has 0 spiro atoms. The van der Waals surface area contributed by atoms with Crippen molar-refractivity contribution in [3.8, 4) is 0 Å². The fraction of sp³-hybridized carbons (Fsp3) is 0.611. The highest BCUT2D eigenvalue weighted by Crippen LogP contribution is 2.41. The van der Waals surface area contributed by atoms with E-state index in [1.807, 2.05) is 0 Å². The van der Waals surface area contributed by atoms with E-state index in [1.54, 1.807) is 0 Å². The largest absolute Gasteiger partial charge is 0.456 e. The summed E-state index contributed by atoms with van der Waals surface area (Å²) in [7, 11) is 0. The van der Waals surface area contributed by atoms with Crippen molar-refractivity contribution in [2.45, 2.75) is 104 Å². The Kier molecular flexibility index (Phi) is 11.9. The van der Waals surface area contributed by atoms with E-state index in [0.717, 1.165) is 63.6 Å². The minimum atomic E-state index is -0.341. The molecule has 2 fully saturated rings. The molecule has 2 aliphatic heterocycles. The first-order valence-corrected chi connectivity index (χ1v) is 17.7. The molecule has 240 valence electrons. The highest BCUT2D eigenvalue weighted by atomic mass is 32.1. The maximum atomic E-state index is 13.6. The second kappa shape index (κ2) is 16.1. The van der Waals surface area contributed by atoms with E-state index in [9.17, 15) is 9.59 Å². The summed E-state index contributed by atoms with van der Waals surface area (Å²) in [5, 5.41) is 10.5. The van der Waals surface area contributed by atoms with Crippen LogP contribution >= 0.6 is 11.3 Å². The molecule has 0 aromatic carbocycles. The van der Waals surface area contributed by atoms with Crippen molar-refractivity contribution in [2.24, 2.45) is 5.92 Å². The van der Waals surface area contributed by atoms with Crippen LogP contribution in [0.2, 0.25) is 0 Å². The number of hydrogen-bond donors (Lipinski definition) is 3. The number of hydrogen-bond acceptors (Lipinski definition) is 6. The number of aryl methyl sites for hydroxylation is 1. The smallest absolute Gasteiger partial charge is 0.341 e. The Balaban J connectivity index is 1.40. The summed E-state index contributed by atoms with van der Waals surface area (Å²) in [6.45, 7) is 9.92. The van der Waals surface area contributed by atoms with E-state index < -0.39 is 0 Å². The van der Waals surface area contributed by atoms with Gasteiger partial charge in [-0.3, -0.25) is 5.32 Å². The Hall–Kier alpha value is -2.68. The number of thiophene rings is 1. The summed E-state index contributed by atoms with van der Waals surface area (Å²) in [5.74, 6) is 0.235. The van der Waals surface area contributed by atoms with Gasteiger partial charge in [-0.05, 0) is 112 Å². The quantitative estimate of drug-likeness (QED) is 0.164. The summed E-state index contributed by atoms with van der Waals surface area (Å²) in [6, 6.07) is -0.278. The zero-order valence-corrected chi connectivity index (χ0v) is 27.8. The van der Waals surface area contributed by atoms with Crippen LogP contribution in [0.5, 0.6) is 0 Å². The number of amides is 2. The molecule has 0 radical (unpaired) electrons. The summed E-state index contributed by atoms with van der Waals surface area (Å²) < 4.78 is 11.3. The topological polar surface area (TPSA) is 88.7 Å². The first-order valence-electron chi connectivity index (χ1n) is 16.9. The average molecular weight is 622 g/mol. The average Bonchev–Trinajstić information content (AvgIpc) is 3.65. The molecule has 7 nitrogen and oxygen atoms in total. The Bertz CT molecular complexity index is 1310. The fourth-order valence-electron chi connectivity index (χ4n) is 6.86. The van der Waals surface area contributed by atoms with Gasteiger partial charge >= 0.3 is 12.0 Å². The third kappa shape index (κ3) is 7.93. The highest BCUT2D eigenvalue weighted by Gasteiger charge is 2.31.